The SMILES string of the molecule is COc1c(C)cccc1Nc1cc(Cl)cc(Cl)c1. The van der Waals surface area contributed by atoms with Gasteiger partial charge in [0, 0.05) is 15.7 Å². The maximum Gasteiger partial charge on any atom is 0.145 e. The molecule has 0 atom stereocenters. The first kappa shape index (κ1) is 13.1. The highest BCUT2D eigenvalue weighted by Gasteiger charge is 2.06. The number of anilines is 2. The number of para-hydroxylation sites is 1. The molecule has 0 aliphatic carbocycles. The zero-order valence-corrected chi connectivity index (χ0v) is 11.6. The summed E-state index contributed by atoms with van der Waals surface area (Å²) in [6.45, 7) is 2.00. The maximum atomic E-state index is 5.97. The number of hydrogen-bond acceptors (Lipinski definition) is 2. The van der Waals surface area contributed by atoms with Crippen molar-refractivity contribution in [1.82, 2.24) is 0 Å². The molecule has 1 N–H and O–H groups in total. The number of ether oxygens (including phenoxy) is 1. The van der Waals surface area contributed by atoms with Gasteiger partial charge in [-0.05, 0) is 36.8 Å². The number of aryl methyl sites for hydroxylation is 1. The van der Waals surface area contributed by atoms with Crippen molar-refractivity contribution in [2.24, 2.45) is 0 Å². The van der Waals surface area contributed by atoms with Crippen LogP contribution in [0.5, 0.6) is 5.75 Å². The van der Waals surface area contributed by atoms with Crippen LogP contribution in [0.3, 0.4) is 0 Å². The van der Waals surface area contributed by atoms with Crippen molar-refractivity contribution in [2.75, 3.05) is 12.4 Å². The minimum absolute atomic E-state index is 0.594. The van der Waals surface area contributed by atoms with E-state index in [0.717, 1.165) is 22.7 Å². The fourth-order valence-electron chi connectivity index (χ4n) is 1.80. The zero-order valence-electron chi connectivity index (χ0n) is 10.1. The molecule has 0 amide bonds. The Labute approximate surface area is 116 Å². The zero-order chi connectivity index (χ0) is 13.1. The summed E-state index contributed by atoms with van der Waals surface area (Å²) in [4.78, 5) is 0. The van der Waals surface area contributed by atoms with Crippen LogP contribution in [0.1, 0.15) is 5.56 Å². The molecular weight excluding hydrogens is 269 g/mol. The van der Waals surface area contributed by atoms with Crippen molar-refractivity contribution in [3.8, 4) is 5.75 Å². The van der Waals surface area contributed by atoms with E-state index in [2.05, 4.69) is 5.32 Å². The topological polar surface area (TPSA) is 21.3 Å². The lowest BCUT2D eigenvalue weighted by Crippen LogP contribution is -1.96. The van der Waals surface area contributed by atoms with E-state index < -0.39 is 0 Å². The summed E-state index contributed by atoms with van der Waals surface area (Å²) in [5.41, 5.74) is 2.78. The van der Waals surface area contributed by atoms with Gasteiger partial charge in [-0.3, -0.25) is 0 Å². The van der Waals surface area contributed by atoms with Crippen LogP contribution in [0.25, 0.3) is 0 Å². The van der Waals surface area contributed by atoms with Crippen LogP contribution in [-0.4, -0.2) is 7.11 Å². The van der Waals surface area contributed by atoms with Gasteiger partial charge in [0.2, 0.25) is 0 Å². The van der Waals surface area contributed by atoms with Gasteiger partial charge < -0.3 is 10.1 Å². The highest BCUT2D eigenvalue weighted by atomic mass is 35.5. The largest absolute Gasteiger partial charge is 0.494 e. The first-order chi connectivity index (χ1) is 8.60. The predicted molar refractivity (Wildman–Crippen MR) is 77.5 cm³/mol. The van der Waals surface area contributed by atoms with E-state index >= 15 is 0 Å². The summed E-state index contributed by atoms with van der Waals surface area (Å²) in [5.74, 6) is 0.814. The van der Waals surface area contributed by atoms with Gasteiger partial charge in [0.25, 0.3) is 0 Å². The van der Waals surface area contributed by atoms with Crippen molar-refractivity contribution < 1.29 is 4.74 Å². The molecule has 2 aromatic rings. The summed E-state index contributed by atoms with van der Waals surface area (Å²) in [5, 5.41) is 4.44. The third kappa shape index (κ3) is 2.89. The van der Waals surface area contributed by atoms with Crippen molar-refractivity contribution in [3.63, 3.8) is 0 Å². The summed E-state index contributed by atoms with van der Waals surface area (Å²) >= 11 is 11.9. The minimum Gasteiger partial charge on any atom is -0.494 e. The van der Waals surface area contributed by atoms with E-state index in [1.807, 2.05) is 37.3 Å². The van der Waals surface area contributed by atoms with Gasteiger partial charge in [0.1, 0.15) is 5.75 Å². The Morgan fingerprint density at radius 2 is 1.72 bits per heavy atom. The average molecular weight is 282 g/mol. The molecule has 0 heterocycles. The molecule has 2 nitrogen and oxygen atoms in total. The van der Waals surface area contributed by atoms with Crippen LogP contribution in [0.4, 0.5) is 11.4 Å². The predicted octanol–water partition coefficient (Wildman–Crippen LogP) is 5.05. The van der Waals surface area contributed by atoms with Crippen LogP contribution in [0.2, 0.25) is 10.0 Å². The molecule has 0 spiro atoms. The van der Waals surface area contributed by atoms with Crippen LogP contribution in [-0.2, 0) is 0 Å². The van der Waals surface area contributed by atoms with Gasteiger partial charge in [-0.1, -0.05) is 35.3 Å². The second-order valence-electron chi connectivity index (χ2n) is 3.94. The molecule has 0 unspecified atom stereocenters. The molecule has 0 aliphatic rings. The van der Waals surface area contributed by atoms with Gasteiger partial charge >= 0.3 is 0 Å². The summed E-state index contributed by atoms with van der Waals surface area (Å²) in [7, 11) is 1.65. The van der Waals surface area contributed by atoms with Gasteiger partial charge in [0.05, 0.1) is 12.8 Å². The van der Waals surface area contributed by atoms with Crippen LogP contribution in [0.15, 0.2) is 36.4 Å². The smallest absolute Gasteiger partial charge is 0.145 e. The lowest BCUT2D eigenvalue weighted by Gasteiger charge is -2.13. The van der Waals surface area contributed by atoms with E-state index in [1.165, 1.54) is 0 Å². The fourth-order valence-corrected chi connectivity index (χ4v) is 2.33. The number of nitrogens with one attached hydrogen (secondary N) is 1. The second-order valence-corrected chi connectivity index (χ2v) is 4.81. The first-order valence-corrected chi connectivity index (χ1v) is 6.22. The van der Waals surface area contributed by atoms with Gasteiger partial charge in [-0.25, -0.2) is 0 Å². The summed E-state index contributed by atoms with van der Waals surface area (Å²) in [6, 6.07) is 11.2. The molecule has 0 aliphatic heterocycles. The Morgan fingerprint density at radius 3 is 2.33 bits per heavy atom. The quantitative estimate of drug-likeness (QED) is 0.850. The third-order valence-electron chi connectivity index (χ3n) is 2.56. The van der Waals surface area contributed by atoms with E-state index in [1.54, 1.807) is 13.2 Å². The third-order valence-corrected chi connectivity index (χ3v) is 2.99. The number of hydrogen-bond donors (Lipinski definition) is 1. The number of rotatable bonds is 3. The molecule has 2 rings (SSSR count). The molecule has 0 saturated heterocycles. The first-order valence-electron chi connectivity index (χ1n) is 5.47. The van der Waals surface area contributed by atoms with Gasteiger partial charge in [-0.2, -0.15) is 0 Å². The van der Waals surface area contributed by atoms with E-state index in [4.69, 9.17) is 27.9 Å². The molecule has 94 valence electrons. The Bertz CT molecular complexity index is 549. The maximum absolute atomic E-state index is 5.97. The number of benzene rings is 2. The van der Waals surface area contributed by atoms with Gasteiger partial charge in [0.15, 0.2) is 0 Å². The molecule has 0 fully saturated rings. The Balaban J connectivity index is 2.36. The summed E-state index contributed by atoms with van der Waals surface area (Å²) < 4.78 is 5.38. The van der Waals surface area contributed by atoms with Gasteiger partial charge in [-0.15, -0.1) is 0 Å². The molecule has 0 radical (unpaired) electrons. The highest BCUT2D eigenvalue weighted by Crippen LogP contribution is 2.32. The second kappa shape index (κ2) is 5.51. The monoisotopic (exact) mass is 281 g/mol. The summed E-state index contributed by atoms with van der Waals surface area (Å²) in [6.07, 6.45) is 0. The highest BCUT2D eigenvalue weighted by molar-refractivity contribution is 6.35. The number of methoxy groups -OCH3 is 1. The standard InChI is InChI=1S/C14H13Cl2NO/c1-9-4-3-5-13(14(9)18-2)17-12-7-10(15)6-11(16)8-12/h3-8,17H,1-2H3. The Kier molecular flexibility index (Phi) is 4.00. The van der Waals surface area contributed by atoms with E-state index in [9.17, 15) is 0 Å². The normalized spacial score (nSPS) is 10.2. The lowest BCUT2D eigenvalue weighted by atomic mass is 10.2. The van der Waals surface area contributed by atoms with Crippen molar-refractivity contribution >= 4 is 34.6 Å². The van der Waals surface area contributed by atoms with Crippen molar-refractivity contribution in [1.29, 1.82) is 0 Å². The van der Waals surface area contributed by atoms with Crippen LogP contribution in [0, 0.1) is 6.92 Å². The van der Waals surface area contributed by atoms with Crippen LogP contribution >= 0.6 is 23.2 Å². The Hall–Kier alpha value is -1.38. The molecule has 2 aromatic carbocycles. The molecule has 0 saturated carbocycles. The average Bonchev–Trinajstić information content (AvgIpc) is 2.27. The van der Waals surface area contributed by atoms with Crippen molar-refractivity contribution in [2.45, 2.75) is 6.92 Å². The molecule has 18 heavy (non-hydrogen) atoms. The van der Waals surface area contributed by atoms with Crippen LogP contribution < -0.4 is 10.1 Å². The molecule has 4 heteroatoms. The fraction of sp³-hybridized carbons (Fsp3) is 0.143. The van der Waals surface area contributed by atoms with Crippen molar-refractivity contribution in [3.05, 3.63) is 52.0 Å². The number of halogens is 2. The lowest BCUT2D eigenvalue weighted by molar-refractivity contribution is 0.414. The minimum atomic E-state index is 0.594. The van der Waals surface area contributed by atoms with E-state index in [0.29, 0.717) is 10.0 Å². The molecule has 0 bridgehead atoms. The molecule has 0 aromatic heterocycles. The Morgan fingerprint density at radius 1 is 1.06 bits per heavy atom. The van der Waals surface area contributed by atoms with E-state index in [-0.39, 0.29) is 0 Å². The molecular formula is C14H13Cl2NO.